The molecular formula is C11H21O2P. The molecule has 14 heavy (non-hydrogen) atoms. The molecule has 0 rings (SSSR count). The summed E-state index contributed by atoms with van der Waals surface area (Å²) in [5.41, 5.74) is 0. The lowest BCUT2D eigenvalue weighted by Gasteiger charge is -2.40. The molecule has 0 radical (unpaired) electrons. The first kappa shape index (κ1) is 13.7. The Bertz CT molecular complexity index is 291. The highest BCUT2D eigenvalue weighted by atomic mass is 31.2. The summed E-state index contributed by atoms with van der Waals surface area (Å²) in [6.07, 6.45) is 0. The van der Waals surface area contributed by atoms with E-state index >= 15 is 0 Å². The summed E-state index contributed by atoms with van der Waals surface area (Å²) < 4.78 is 12.9. The summed E-state index contributed by atoms with van der Waals surface area (Å²) in [5, 5.41) is -0.392. The van der Waals surface area contributed by atoms with Crippen molar-refractivity contribution < 1.29 is 9.36 Å². The van der Waals surface area contributed by atoms with E-state index < -0.39 is 7.14 Å². The summed E-state index contributed by atoms with van der Waals surface area (Å²) in [6, 6.07) is 0. The fourth-order valence-electron chi connectivity index (χ4n) is 2.08. The van der Waals surface area contributed by atoms with Crippen molar-refractivity contribution >= 4 is 13.1 Å². The fraction of sp³-hybridized carbons (Fsp3) is 0.818. The molecule has 0 aromatic rings. The molecule has 0 saturated carbocycles. The van der Waals surface area contributed by atoms with Crippen LogP contribution in [0.3, 0.4) is 0 Å². The lowest BCUT2D eigenvalue weighted by atomic mass is 10.2. The lowest BCUT2D eigenvalue weighted by molar-refractivity contribution is 0.523. The number of carbonyl (C=O) groups excluding carboxylic acids is 1. The highest BCUT2D eigenvalue weighted by molar-refractivity contribution is 7.71. The SMILES string of the molecule is CC(=C=O)P(=O)(C(C)(C)C)C(C)(C)C. The van der Waals surface area contributed by atoms with Crippen LogP contribution in [0.4, 0.5) is 0 Å². The molecule has 0 aromatic carbocycles. The minimum atomic E-state index is -2.68. The van der Waals surface area contributed by atoms with Gasteiger partial charge in [-0.1, -0.05) is 41.5 Å². The predicted octanol–water partition coefficient (Wildman–Crippen LogP) is 3.68. The average molecular weight is 216 g/mol. The van der Waals surface area contributed by atoms with Gasteiger partial charge in [-0.3, -0.25) is 0 Å². The molecule has 0 aliphatic carbocycles. The zero-order chi connectivity index (χ0) is 11.8. The molecule has 0 aliphatic rings. The van der Waals surface area contributed by atoms with Gasteiger partial charge in [-0.15, -0.1) is 0 Å². The Kier molecular flexibility index (Phi) is 3.60. The zero-order valence-electron chi connectivity index (χ0n) is 10.3. The molecule has 0 unspecified atom stereocenters. The van der Waals surface area contributed by atoms with E-state index in [0.717, 1.165) is 0 Å². The number of hydrogen-bond acceptors (Lipinski definition) is 2. The normalized spacial score (nSPS) is 13.6. The molecule has 3 heteroatoms. The first-order chi connectivity index (χ1) is 5.98. The summed E-state index contributed by atoms with van der Waals surface area (Å²) in [6.45, 7) is 13.1. The van der Waals surface area contributed by atoms with Crippen molar-refractivity contribution in [1.29, 1.82) is 0 Å². The van der Waals surface area contributed by atoms with Crippen molar-refractivity contribution in [1.82, 2.24) is 0 Å². The molecule has 82 valence electrons. The summed E-state index contributed by atoms with van der Waals surface area (Å²) in [4.78, 5) is 10.7. The minimum Gasteiger partial charge on any atom is -0.317 e. The molecule has 0 aromatic heterocycles. The average Bonchev–Trinajstić information content (AvgIpc) is 1.97. The zero-order valence-corrected chi connectivity index (χ0v) is 11.2. The van der Waals surface area contributed by atoms with E-state index in [9.17, 15) is 9.36 Å². The minimum absolute atomic E-state index is 0.373. The Morgan fingerprint density at radius 1 is 1.00 bits per heavy atom. The second-order valence-electron chi connectivity index (χ2n) is 5.64. The van der Waals surface area contributed by atoms with E-state index in [1.54, 1.807) is 6.92 Å². The quantitative estimate of drug-likeness (QED) is 0.495. The third-order valence-corrected chi connectivity index (χ3v) is 7.32. The van der Waals surface area contributed by atoms with Gasteiger partial charge in [0.05, 0.1) is 5.31 Å². The van der Waals surface area contributed by atoms with E-state index in [-0.39, 0.29) is 10.3 Å². The van der Waals surface area contributed by atoms with E-state index in [0.29, 0.717) is 5.31 Å². The van der Waals surface area contributed by atoms with Crippen molar-refractivity contribution in [2.24, 2.45) is 0 Å². The molecule has 0 saturated heterocycles. The van der Waals surface area contributed by atoms with Gasteiger partial charge in [0.2, 0.25) is 0 Å². The van der Waals surface area contributed by atoms with Crippen LogP contribution >= 0.6 is 7.14 Å². The van der Waals surface area contributed by atoms with Gasteiger partial charge in [-0.2, -0.15) is 0 Å². The van der Waals surface area contributed by atoms with Gasteiger partial charge in [0.1, 0.15) is 13.1 Å². The smallest absolute Gasteiger partial charge is 0.132 e. The molecule has 0 atom stereocenters. The lowest BCUT2D eigenvalue weighted by Crippen LogP contribution is -2.29. The van der Waals surface area contributed by atoms with Crippen LogP contribution in [0.2, 0.25) is 0 Å². The van der Waals surface area contributed by atoms with Crippen LogP contribution in [-0.4, -0.2) is 16.3 Å². The topological polar surface area (TPSA) is 34.1 Å². The van der Waals surface area contributed by atoms with E-state index in [1.165, 1.54) is 0 Å². The second-order valence-corrected chi connectivity index (χ2v) is 10.2. The Labute approximate surface area is 87.2 Å². The molecular weight excluding hydrogens is 195 g/mol. The molecule has 0 fully saturated rings. The maximum atomic E-state index is 12.9. The van der Waals surface area contributed by atoms with Crippen molar-refractivity contribution in [2.45, 2.75) is 58.8 Å². The Morgan fingerprint density at radius 3 is 1.36 bits per heavy atom. The first-order valence-electron chi connectivity index (χ1n) is 4.81. The first-order valence-corrected chi connectivity index (χ1v) is 6.51. The van der Waals surface area contributed by atoms with Crippen LogP contribution < -0.4 is 0 Å². The van der Waals surface area contributed by atoms with Gasteiger partial charge < -0.3 is 4.57 Å². The highest BCUT2D eigenvalue weighted by Crippen LogP contribution is 2.71. The molecule has 0 heterocycles. The van der Waals surface area contributed by atoms with Crippen molar-refractivity contribution in [3.05, 3.63) is 5.31 Å². The molecule has 0 aliphatic heterocycles. The molecule has 2 nitrogen and oxygen atoms in total. The van der Waals surface area contributed by atoms with Gasteiger partial charge in [0.25, 0.3) is 0 Å². The standard InChI is InChI=1S/C11H21O2P/c1-9(8-12)14(13,10(2,3)4)11(5,6)7/h1-7H3. The van der Waals surface area contributed by atoms with Crippen molar-refractivity contribution in [3.63, 3.8) is 0 Å². The van der Waals surface area contributed by atoms with Crippen LogP contribution in [0, 0.1) is 0 Å². The number of hydrogen-bond donors (Lipinski definition) is 0. The van der Waals surface area contributed by atoms with Crippen LogP contribution in [0.25, 0.3) is 0 Å². The second kappa shape index (κ2) is 3.68. The molecule has 0 N–H and O–H groups in total. The van der Waals surface area contributed by atoms with E-state index in [1.807, 2.05) is 47.5 Å². The van der Waals surface area contributed by atoms with E-state index in [2.05, 4.69) is 0 Å². The molecule has 0 amide bonds. The number of rotatable bonds is 1. The Balaban J connectivity index is 5.80. The van der Waals surface area contributed by atoms with Crippen molar-refractivity contribution in [2.75, 3.05) is 0 Å². The van der Waals surface area contributed by atoms with Crippen LogP contribution in [0.15, 0.2) is 5.31 Å². The predicted molar refractivity (Wildman–Crippen MR) is 62.0 cm³/mol. The fourth-order valence-corrected chi connectivity index (χ4v) is 6.23. The van der Waals surface area contributed by atoms with Crippen LogP contribution in [0.5, 0.6) is 0 Å². The summed E-state index contributed by atoms with van der Waals surface area (Å²) in [7, 11) is -2.68. The third-order valence-electron chi connectivity index (χ3n) is 2.51. The van der Waals surface area contributed by atoms with Crippen LogP contribution in [0.1, 0.15) is 48.5 Å². The van der Waals surface area contributed by atoms with Crippen LogP contribution in [-0.2, 0) is 9.36 Å². The Morgan fingerprint density at radius 2 is 1.29 bits per heavy atom. The summed E-state index contributed by atoms with van der Waals surface area (Å²) in [5.74, 6) is 1.82. The molecule has 0 bridgehead atoms. The Hall–Kier alpha value is -0.320. The van der Waals surface area contributed by atoms with Gasteiger partial charge >= 0.3 is 0 Å². The monoisotopic (exact) mass is 216 g/mol. The maximum absolute atomic E-state index is 12.9. The van der Waals surface area contributed by atoms with Crippen molar-refractivity contribution in [3.8, 4) is 0 Å². The van der Waals surface area contributed by atoms with E-state index in [4.69, 9.17) is 0 Å². The highest BCUT2D eigenvalue weighted by Gasteiger charge is 2.47. The van der Waals surface area contributed by atoms with Gasteiger partial charge in [-0.25, -0.2) is 4.79 Å². The maximum Gasteiger partial charge on any atom is 0.132 e. The van der Waals surface area contributed by atoms with Gasteiger partial charge in [-0.05, 0) is 6.92 Å². The summed E-state index contributed by atoms with van der Waals surface area (Å²) >= 11 is 0. The largest absolute Gasteiger partial charge is 0.317 e. The molecule has 0 spiro atoms. The third kappa shape index (κ3) is 2.02. The van der Waals surface area contributed by atoms with Gasteiger partial charge in [0.15, 0.2) is 0 Å². The number of allylic oxidation sites excluding steroid dienone is 1. The van der Waals surface area contributed by atoms with Gasteiger partial charge in [0, 0.05) is 10.3 Å².